The number of carbonyl (C=O) groups is 2. The van der Waals surface area contributed by atoms with Crippen molar-refractivity contribution < 1.29 is 19.4 Å². The molecule has 0 radical (unpaired) electrons. The molecule has 0 aromatic heterocycles. The van der Waals surface area contributed by atoms with Gasteiger partial charge in [0.25, 0.3) is 0 Å². The van der Waals surface area contributed by atoms with Gasteiger partial charge in [-0.15, -0.1) is 11.8 Å². The predicted molar refractivity (Wildman–Crippen MR) is 104 cm³/mol. The van der Waals surface area contributed by atoms with E-state index in [4.69, 9.17) is 33.0 Å². The smallest absolute Gasteiger partial charge is 0.305 e. The topological polar surface area (TPSA) is 75.6 Å². The summed E-state index contributed by atoms with van der Waals surface area (Å²) in [5, 5.41) is 11.7. The van der Waals surface area contributed by atoms with Gasteiger partial charge in [-0.1, -0.05) is 35.3 Å². The van der Waals surface area contributed by atoms with Crippen LogP contribution in [0.1, 0.15) is 22.8 Å². The Morgan fingerprint density at radius 2 is 2.04 bits per heavy atom. The van der Waals surface area contributed by atoms with E-state index in [2.05, 4.69) is 5.32 Å². The van der Waals surface area contributed by atoms with Crippen LogP contribution in [0.25, 0.3) is 0 Å². The van der Waals surface area contributed by atoms with Gasteiger partial charge < -0.3 is 15.2 Å². The highest BCUT2D eigenvalue weighted by atomic mass is 35.5. The van der Waals surface area contributed by atoms with E-state index in [9.17, 15) is 9.59 Å². The lowest BCUT2D eigenvalue weighted by atomic mass is 10.0. The quantitative estimate of drug-likeness (QED) is 0.767. The number of ether oxygens (including phenoxy) is 1. The number of hydrogen-bond donors (Lipinski definition) is 2. The van der Waals surface area contributed by atoms with Gasteiger partial charge in [0.05, 0.1) is 29.1 Å². The van der Waals surface area contributed by atoms with Crippen molar-refractivity contribution in [2.24, 2.45) is 0 Å². The van der Waals surface area contributed by atoms with Crippen LogP contribution in [0.3, 0.4) is 0 Å². The Morgan fingerprint density at radius 1 is 1.27 bits per heavy atom. The van der Waals surface area contributed by atoms with Crippen molar-refractivity contribution in [3.05, 3.63) is 57.6 Å². The van der Waals surface area contributed by atoms with Gasteiger partial charge in [-0.2, -0.15) is 0 Å². The Labute approximate surface area is 164 Å². The standard InChI is InChI=1S/C18H15Cl2NO4S/c1-25-13-4-2-3-10(16(13)20)17-11-7-9(19)5-6-12(11)21-18(24)14(26-17)8-15(22)23/h2-7,14,17H,8H2,1H3,(H,21,24)(H,22,23)/t14-,17-/m0/s1. The number of carbonyl (C=O) groups excluding carboxylic acids is 1. The largest absolute Gasteiger partial charge is 0.495 e. The van der Waals surface area contributed by atoms with Gasteiger partial charge in [0.1, 0.15) is 5.75 Å². The molecule has 1 aliphatic rings. The van der Waals surface area contributed by atoms with Gasteiger partial charge in [0, 0.05) is 10.7 Å². The van der Waals surface area contributed by atoms with E-state index in [0.717, 1.165) is 11.1 Å². The highest BCUT2D eigenvalue weighted by molar-refractivity contribution is 8.01. The van der Waals surface area contributed by atoms with Crippen LogP contribution in [-0.4, -0.2) is 29.3 Å². The first-order chi connectivity index (χ1) is 12.4. The van der Waals surface area contributed by atoms with E-state index in [1.165, 1.54) is 18.9 Å². The van der Waals surface area contributed by atoms with Crippen molar-refractivity contribution in [3.8, 4) is 5.75 Å². The molecule has 0 fully saturated rings. The van der Waals surface area contributed by atoms with E-state index in [1.807, 2.05) is 6.07 Å². The minimum atomic E-state index is -1.04. The van der Waals surface area contributed by atoms with Crippen LogP contribution in [0.15, 0.2) is 36.4 Å². The molecule has 0 aliphatic carbocycles. The van der Waals surface area contributed by atoms with Crippen molar-refractivity contribution >= 4 is 52.5 Å². The maximum Gasteiger partial charge on any atom is 0.305 e. The first kappa shape index (κ1) is 18.9. The van der Waals surface area contributed by atoms with Crippen LogP contribution in [0.2, 0.25) is 10.0 Å². The first-order valence-electron chi connectivity index (χ1n) is 7.70. The van der Waals surface area contributed by atoms with Gasteiger partial charge in [-0.05, 0) is 35.4 Å². The normalized spacial score (nSPS) is 19.3. The Morgan fingerprint density at radius 3 is 2.73 bits per heavy atom. The highest BCUT2D eigenvalue weighted by Gasteiger charge is 2.34. The van der Waals surface area contributed by atoms with E-state index in [1.54, 1.807) is 30.3 Å². The third-order valence-corrected chi connectivity index (χ3v) is 6.13. The number of methoxy groups -OCH3 is 1. The second kappa shape index (κ2) is 7.78. The number of hydrogen-bond acceptors (Lipinski definition) is 4. The van der Waals surface area contributed by atoms with Crippen molar-refractivity contribution in [1.82, 2.24) is 0 Å². The number of halogens is 2. The lowest BCUT2D eigenvalue weighted by Gasteiger charge is -2.21. The number of fused-ring (bicyclic) bond motifs is 1. The van der Waals surface area contributed by atoms with Crippen LogP contribution < -0.4 is 10.1 Å². The molecule has 0 saturated heterocycles. The Kier molecular flexibility index (Phi) is 5.65. The Bertz CT molecular complexity index is 874. The number of anilines is 1. The third-order valence-electron chi connectivity index (χ3n) is 4.00. The summed E-state index contributed by atoms with van der Waals surface area (Å²) >= 11 is 13.9. The van der Waals surface area contributed by atoms with Crippen LogP contribution >= 0.6 is 35.0 Å². The monoisotopic (exact) mass is 411 g/mol. The SMILES string of the molecule is COc1cccc([C@@H]2S[C@@H](CC(=O)O)C(=O)Nc3ccc(Cl)cc32)c1Cl. The second-order valence-corrected chi connectivity index (χ2v) is 7.81. The molecule has 8 heteroatoms. The molecule has 0 bridgehead atoms. The molecule has 0 spiro atoms. The van der Waals surface area contributed by atoms with Gasteiger partial charge in [0.15, 0.2) is 0 Å². The van der Waals surface area contributed by atoms with E-state index < -0.39 is 11.2 Å². The van der Waals surface area contributed by atoms with Crippen LogP contribution in [0, 0.1) is 0 Å². The molecule has 3 rings (SSSR count). The van der Waals surface area contributed by atoms with Crippen molar-refractivity contribution in [1.29, 1.82) is 0 Å². The molecule has 2 aromatic carbocycles. The Hall–Kier alpha value is -1.89. The lowest BCUT2D eigenvalue weighted by molar-refractivity contribution is -0.138. The average Bonchev–Trinajstić information content (AvgIpc) is 2.72. The van der Waals surface area contributed by atoms with Crippen LogP contribution in [-0.2, 0) is 9.59 Å². The first-order valence-corrected chi connectivity index (χ1v) is 9.40. The Balaban J connectivity index is 2.15. The zero-order valence-corrected chi connectivity index (χ0v) is 16.0. The van der Waals surface area contributed by atoms with Crippen molar-refractivity contribution in [2.75, 3.05) is 12.4 Å². The number of benzene rings is 2. The maximum atomic E-state index is 12.5. The van der Waals surface area contributed by atoms with E-state index in [-0.39, 0.29) is 17.6 Å². The zero-order chi connectivity index (χ0) is 18.8. The maximum absolute atomic E-state index is 12.5. The van der Waals surface area contributed by atoms with Gasteiger partial charge in [-0.3, -0.25) is 9.59 Å². The van der Waals surface area contributed by atoms with Crippen molar-refractivity contribution in [3.63, 3.8) is 0 Å². The molecule has 1 heterocycles. The molecule has 2 atom stereocenters. The predicted octanol–water partition coefficient (Wildman–Crippen LogP) is 4.62. The van der Waals surface area contributed by atoms with Crippen LogP contribution in [0.4, 0.5) is 5.69 Å². The fourth-order valence-electron chi connectivity index (χ4n) is 2.81. The summed E-state index contributed by atoms with van der Waals surface area (Å²) in [6.45, 7) is 0. The molecular formula is C18H15Cl2NO4S. The number of nitrogens with one attached hydrogen (secondary N) is 1. The molecule has 1 aliphatic heterocycles. The highest BCUT2D eigenvalue weighted by Crippen LogP contribution is 2.48. The molecule has 2 aromatic rings. The number of carboxylic acids is 1. The number of thioether (sulfide) groups is 1. The summed E-state index contributed by atoms with van der Waals surface area (Å²) in [4.78, 5) is 23.7. The summed E-state index contributed by atoms with van der Waals surface area (Å²) in [7, 11) is 1.52. The molecule has 0 unspecified atom stereocenters. The van der Waals surface area contributed by atoms with E-state index in [0.29, 0.717) is 21.5 Å². The minimum absolute atomic E-state index is 0.295. The summed E-state index contributed by atoms with van der Waals surface area (Å²) in [6, 6.07) is 10.5. The lowest BCUT2D eigenvalue weighted by Crippen LogP contribution is -2.26. The van der Waals surface area contributed by atoms with Gasteiger partial charge in [0.2, 0.25) is 5.91 Å². The zero-order valence-electron chi connectivity index (χ0n) is 13.7. The third kappa shape index (κ3) is 3.77. The molecule has 136 valence electrons. The van der Waals surface area contributed by atoms with Gasteiger partial charge >= 0.3 is 5.97 Å². The fourth-order valence-corrected chi connectivity index (χ4v) is 4.80. The molecule has 26 heavy (non-hydrogen) atoms. The fraction of sp³-hybridized carbons (Fsp3) is 0.222. The van der Waals surface area contributed by atoms with Crippen molar-refractivity contribution in [2.45, 2.75) is 16.9 Å². The molecular weight excluding hydrogens is 397 g/mol. The summed E-state index contributed by atoms with van der Waals surface area (Å²) < 4.78 is 5.29. The second-order valence-electron chi connectivity index (χ2n) is 5.69. The van der Waals surface area contributed by atoms with Gasteiger partial charge in [-0.25, -0.2) is 0 Å². The number of aliphatic carboxylic acids is 1. The molecule has 5 nitrogen and oxygen atoms in total. The number of rotatable bonds is 4. The average molecular weight is 412 g/mol. The molecule has 1 amide bonds. The minimum Gasteiger partial charge on any atom is -0.495 e. The summed E-state index contributed by atoms with van der Waals surface area (Å²) in [5.41, 5.74) is 2.08. The van der Waals surface area contributed by atoms with Crippen LogP contribution in [0.5, 0.6) is 5.75 Å². The number of carboxylic acid groups (broad SMARTS) is 1. The molecule has 0 saturated carbocycles. The van der Waals surface area contributed by atoms with E-state index >= 15 is 0 Å². The summed E-state index contributed by atoms with van der Waals surface area (Å²) in [5.74, 6) is -0.897. The molecule has 2 N–H and O–H groups in total. The number of amides is 1. The summed E-state index contributed by atoms with van der Waals surface area (Å²) in [6.07, 6.45) is -0.295.